The minimum Gasteiger partial charge on any atom is -0.492 e. The molecule has 0 aliphatic rings. The van der Waals surface area contributed by atoms with Crippen LogP contribution in [-0.2, 0) is 0 Å². The Hall–Kier alpha value is -2.24. The zero-order chi connectivity index (χ0) is 11.7. The second kappa shape index (κ2) is 3.73. The van der Waals surface area contributed by atoms with Gasteiger partial charge in [-0.3, -0.25) is 4.79 Å². The van der Waals surface area contributed by atoms with Crippen LogP contribution >= 0.6 is 0 Å². The summed E-state index contributed by atoms with van der Waals surface area (Å²) in [6, 6.07) is 2.42. The van der Waals surface area contributed by atoms with Crippen molar-refractivity contribution in [2.24, 2.45) is 0 Å². The normalized spacial score (nSPS) is 10.4. The van der Waals surface area contributed by atoms with E-state index in [1.165, 1.54) is 0 Å². The molecule has 0 aliphatic heterocycles. The first-order valence-electron chi connectivity index (χ1n) is 4.31. The molecule has 6 heteroatoms. The van der Waals surface area contributed by atoms with Crippen molar-refractivity contribution in [2.75, 3.05) is 0 Å². The Morgan fingerprint density at radius 2 is 1.88 bits per heavy atom. The minimum atomic E-state index is -0.859. The third-order valence-electron chi connectivity index (χ3n) is 1.97. The number of aromatic nitrogens is 2. The molecule has 0 amide bonds. The van der Waals surface area contributed by atoms with Crippen molar-refractivity contribution in [1.29, 1.82) is 0 Å². The molecule has 2 rings (SSSR count). The third-order valence-corrected chi connectivity index (χ3v) is 1.97. The molecule has 1 aromatic heterocycles. The standard InChI is InChI=1S/C10H6F2N2O2/c11-6-1-5(2-7(12)3-6)9(15)8-10(16)14-4-13-8/h1-4,16H,(H,13,14). The quantitative estimate of drug-likeness (QED) is 0.762. The fourth-order valence-corrected chi connectivity index (χ4v) is 1.28. The van der Waals surface area contributed by atoms with Gasteiger partial charge in [0, 0.05) is 11.6 Å². The molecule has 16 heavy (non-hydrogen) atoms. The number of hydrogen-bond donors (Lipinski definition) is 2. The number of carbonyl (C=O) groups is 1. The molecule has 4 nitrogen and oxygen atoms in total. The fraction of sp³-hybridized carbons (Fsp3) is 0. The van der Waals surface area contributed by atoms with Gasteiger partial charge in [-0.2, -0.15) is 0 Å². The number of benzene rings is 1. The lowest BCUT2D eigenvalue weighted by Gasteiger charge is -1.99. The molecule has 1 heterocycles. The second-order valence-corrected chi connectivity index (χ2v) is 3.09. The van der Waals surface area contributed by atoms with Gasteiger partial charge in [0.05, 0.1) is 6.33 Å². The van der Waals surface area contributed by atoms with Gasteiger partial charge in [0.15, 0.2) is 5.69 Å². The smallest absolute Gasteiger partial charge is 0.240 e. The lowest BCUT2D eigenvalue weighted by molar-refractivity contribution is 0.103. The molecule has 0 fully saturated rings. The number of nitrogens with one attached hydrogen (secondary N) is 1. The number of carbonyl (C=O) groups excluding carboxylic acids is 1. The molecular formula is C10H6F2N2O2. The van der Waals surface area contributed by atoms with Gasteiger partial charge in [-0.25, -0.2) is 13.8 Å². The van der Waals surface area contributed by atoms with E-state index in [2.05, 4.69) is 9.97 Å². The molecule has 0 unspecified atom stereocenters. The second-order valence-electron chi connectivity index (χ2n) is 3.09. The Morgan fingerprint density at radius 3 is 2.38 bits per heavy atom. The number of halogens is 2. The van der Waals surface area contributed by atoms with E-state index in [1.807, 2.05) is 0 Å². The van der Waals surface area contributed by atoms with E-state index in [0.717, 1.165) is 18.5 Å². The number of rotatable bonds is 2. The largest absolute Gasteiger partial charge is 0.492 e. The van der Waals surface area contributed by atoms with E-state index < -0.39 is 23.3 Å². The Bertz CT molecular complexity index is 531. The van der Waals surface area contributed by atoms with Crippen LogP contribution < -0.4 is 0 Å². The molecule has 0 radical (unpaired) electrons. The van der Waals surface area contributed by atoms with Crippen molar-refractivity contribution in [2.45, 2.75) is 0 Å². The van der Waals surface area contributed by atoms with Crippen LogP contribution in [0.25, 0.3) is 0 Å². The maximum atomic E-state index is 12.8. The Morgan fingerprint density at radius 1 is 1.25 bits per heavy atom. The van der Waals surface area contributed by atoms with Crippen LogP contribution in [0.3, 0.4) is 0 Å². The average Bonchev–Trinajstić information content (AvgIpc) is 2.62. The first kappa shape index (κ1) is 10.3. The van der Waals surface area contributed by atoms with Crippen molar-refractivity contribution >= 4 is 5.78 Å². The Kier molecular flexibility index (Phi) is 2.40. The van der Waals surface area contributed by atoms with Crippen molar-refractivity contribution < 1.29 is 18.7 Å². The Labute approximate surface area is 88.6 Å². The van der Waals surface area contributed by atoms with Gasteiger partial charge in [-0.05, 0) is 12.1 Å². The predicted octanol–water partition coefficient (Wildman–Crippen LogP) is 1.62. The highest BCUT2D eigenvalue weighted by Gasteiger charge is 2.17. The van der Waals surface area contributed by atoms with Crippen LogP contribution in [0, 0.1) is 11.6 Å². The van der Waals surface area contributed by atoms with Crippen molar-refractivity contribution in [3.05, 3.63) is 47.4 Å². The zero-order valence-electron chi connectivity index (χ0n) is 7.87. The molecule has 0 saturated heterocycles. The van der Waals surface area contributed by atoms with Crippen LogP contribution in [0.1, 0.15) is 16.1 Å². The highest BCUT2D eigenvalue weighted by molar-refractivity contribution is 6.09. The number of aromatic amines is 1. The minimum absolute atomic E-state index is 0.197. The van der Waals surface area contributed by atoms with E-state index in [0.29, 0.717) is 6.07 Å². The van der Waals surface area contributed by atoms with Gasteiger partial charge in [0.2, 0.25) is 11.7 Å². The maximum absolute atomic E-state index is 12.8. The van der Waals surface area contributed by atoms with Crippen LogP contribution in [0.2, 0.25) is 0 Å². The van der Waals surface area contributed by atoms with Crippen LogP contribution in [-0.4, -0.2) is 20.9 Å². The molecule has 1 aromatic carbocycles. The highest BCUT2D eigenvalue weighted by Crippen LogP contribution is 2.17. The maximum Gasteiger partial charge on any atom is 0.240 e. The average molecular weight is 224 g/mol. The van der Waals surface area contributed by atoms with Crippen LogP contribution in [0.5, 0.6) is 5.88 Å². The van der Waals surface area contributed by atoms with Crippen molar-refractivity contribution in [3.63, 3.8) is 0 Å². The predicted molar refractivity (Wildman–Crippen MR) is 50.0 cm³/mol. The lowest BCUT2D eigenvalue weighted by Crippen LogP contribution is -2.03. The molecule has 0 spiro atoms. The van der Waals surface area contributed by atoms with E-state index in [4.69, 9.17) is 0 Å². The summed E-state index contributed by atoms with van der Waals surface area (Å²) in [6.45, 7) is 0. The monoisotopic (exact) mass is 224 g/mol. The molecule has 2 N–H and O–H groups in total. The van der Waals surface area contributed by atoms with Crippen molar-refractivity contribution in [1.82, 2.24) is 9.97 Å². The number of aromatic hydroxyl groups is 1. The summed E-state index contributed by atoms with van der Waals surface area (Å²) in [6.07, 6.45) is 1.11. The first-order valence-corrected chi connectivity index (χ1v) is 4.31. The van der Waals surface area contributed by atoms with E-state index in [1.54, 1.807) is 0 Å². The van der Waals surface area contributed by atoms with Gasteiger partial charge in [0.1, 0.15) is 11.6 Å². The number of ketones is 1. The fourth-order valence-electron chi connectivity index (χ4n) is 1.28. The molecule has 2 aromatic rings. The lowest BCUT2D eigenvalue weighted by atomic mass is 10.1. The van der Waals surface area contributed by atoms with E-state index in [9.17, 15) is 18.7 Å². The number of hydrogen-bond acceptors (Lipinski definition) is 3. The molecule has 0 bridgehead atoms. The number of H-pyrrole nitrogens is 1. The van der Waals surface area contributed by atoms with E-state index in [-0.39, 0.29) is 11.3 Å². The summed E-state index contributed by atoms with van der Waals surface area (Å²) < 4.78 is 25.7. The van der Waals surface area contributed by atoms with Crippen LogP contribution in [0.4, 0.5) is 8.78 Å². The summed E-state index contributed by atoms with van der Waals surface area (Å²) in [5.74, 6) is -2.95. The molecule has 0 aliphatic carbocycles. The zero-order valence-corrected chi connectivity index (χ0v) is 7.87. The summed E-state index contributed by atoms with van der Waals surface area (Å²) in [5, 5.41) is 9.17. The summed E-state index contributed by atoms with van der Waals surface area (Å²) >= 11 is 0. The highest BCUT2D eigenvalue weighted by atomic mass is 19.1. The SMILES string of the molecule is O=C(c1cc(F)cc(F)c1)c1[nH]cnc1O. The first-order chi connectivity index (χ1) is 7.58. The number of imidazole rings is 1. The summed E-state index contributed by atoms with van der Waals surface area (Å²) in [7, 11) is 0. The van der Waals surface area contributed by atoms with E-state index >= 15 is 0 Å². The molecule has 0 atom stereocenters. The van der Waals surface area contributed by atoms with Gasteiger partial charge < -0.3 is 10.1 Å². The Balaban J connectivity index is 2.45. The van der Waals surface area contributed by atoms with Gasteiger partial charge in [0.25, 0.3) is 0 Å². The van der Waals surface area contributed by atoms with Crippen molar-refractivity contribution in [3.8, 4) is 5.88 Å². The molecular weight excluding hydrogens is 218 g/mol. The van der Waals surface area contributed by atoms with Crippen LogP contribution in [0.15, 0.2) is 24.5 Å². The topological polar surface area (TPSA) is 66.0 Å². The van der Waals surface area contributed by atoms with Gasteiger partial charge in [-0.1, -0.05) is 0 Å². The third kappa shape index (κ3) is 1.77. The van der Waals surface area contributed by atoms with Gasteiger partial charge >= 0.3 is 0 Å². The van der Waals surface area contributed by atoms with Gasteiger partial charge in [-0.15, -0.1) is 0 Å². The summed E-state index contributed by atoms with van der Waals surface area (Å²) in [4.78, 5) is 17.5. The summed E-state index contributed by atoms with van der Waals surface area (Å²) in [5.41, 5.74) is -0.401. The molecule has 82 valence electrons. The number of nitrogens with zero attached hydrogens (tertiary/aromatic N) is 1. The molecule has 0 saturated carbocycles.